The SMILES string of the molecule is FC1(F)CC(CN2CCOC(CCl)C2)C1. The van der Waals surface area contributed by atoms with Crippen LogP contribution in [-0.4, -0.2) is 49.0 Å². The van der Waals surface area contributed by atoms with E-state index in [-0.39, 0.29) is 24.9 Å². The summed E-state index contributed by atoms with van der Waals surface area (Å²) in [4.78, 5) is 2.19. The summed E-state index contributed by atoms with van der Waals surface area (Å²) in [6.45, 7) is 3.06. The van der Waals surface area contributed by atoms with Gasteiger partial charge in [-0.25, -0.2) is 8.78 Å². The van der Waals surface area contributed by atoms with E-state index in [1.54, 1.807) is 0 Å². The molecule has 1 aliphatic heterocycles. The number of nitrogens with zero attached hydrogens (tertiary/aromatic N) is 1. The van der Waals surface area contributed by atoms with Crippen molar-refractivity contribution < 1.29 is 13.5 Å². The second-order valence-corrected chi connectivity index (χ2v) is 4.85. The quantitative estimate of drug-likeness (QED) is 0.699. The molecule has 0 N–H and O–H groups in total. The lowest BCUT2D eigenvalue weighted by Gasteiger charge is -2.40. The molecule has 0 aromatic heterocycles. The van der Waals surface area contributed by atoms with Gasteiger partial charge in [-0.1, -0.05) is 0 Å². The third kappa shape index (κ3) is 3.02. The van der Waals surface area contributed by atoms with E-state index < -0.39 is 5.92 Å². The van der Waals surface area contributed by atoms with E-state index >= 15 is 0 Å². The Balaban J connectivity index is 1.71. The fourth-order valence-electron chi connectivity index (χ4n) is 2.32. The first-order valence-corrected chi connectivity index (χ1v) is 5.90. The van der Waals surface area contributed by atoms with E-state index in [1.807, 2.05) is 0 Å². The molecular weight excluding hydrogens is 224 g/mol. The van der Waals surface area contributed by atoms with Crippen LogP contribution < -0.4 is 0 Å². The molecule has 1 atom stereocenters. The molecule has 1 unspecified atom stereocenters. The van der Waals surface area contributed by atoms with E-state index in [1.165, 1.54) is 0 Å². The van der Waals surface area contributed by atoms with Gasteiger partial charge < -0.3 is 4.74 Å². The number of hydrogen-bond acceptors (Lipinski definition) is 2. The van der Waals surface area contributed by atoms with Crippen LogP contribution in [0, 0.1) is 5.92 Å². The van der Waals surface area contributed by atoms with Gasteiger partial charge in [0.05, 0.1) is 12.7 Å². The summed E-state index contributed by atoms with van der Waals surface area (Å²) in [5.41, 5.74) is 0. The molecule has 88 valence electrons. The predicted molar refractivity (Wildman–Crippen MR) is 54.6 cm³/mol. The molecule has 2 nitrogen and oxygen atoms in total. The third-order valence-corrected chi connectivity index (χ3v) is 3.43. The van der Waals surface area contributed by atoms with Gasteiger partial charge >= 0.3 is 0 Å². The summed E-state index contributed by atoms with van der Waals surface area (Å²) in [6.07, 6.45) is 0.173. The molecule has 0 bridgehead atoms. The highest BCUT2D eigenvalue weighted by Crippen LogP contribution is 2.42. The van der Waals surface area contributed by atoms with Gasteiger partial charge in [-0.15, -0.1) is 11.6 Å². The number of morpholine rings is 1. The molecule has 5 heteroatoms. The summed E-state index contributed by atoms with van der Waals surface area (Å²) in [7, 11) is 0. The lowest BCUT2D eigenvalue weighted by atomic mass is 9.81. The minimum absolute atomic E-state index is 0.0515. The fraction of sp³-hybridized carbons (Fsp3) is 1.00. The lowest BCUT2D eigenvalue weighted by Crippen LogP contribution is -2.49. The Morgan fingerprint density at radius 2 is 2.13 bits per heavy atom. The van der Waals surface area contributed by atoms with Crippen molar-refractivity contribution in [1.29, 1.82) is 0 Å². The van der Waals surface area contributed by atoms with Crippen LogP contribution in [0.4, 0.5) is 8.78 Å². The van der Waals surface area contributed by atoms with Crippen LogP contribution in [-0.2, 0) is 4.74 Å². The summed E-state index contributed by atoms with van der Waals surface area (Å²) < 4.78 is 30.7. The van der Waals surface area contributed by atoms with Gasteiger partial charge in [-0.05, 0) is 5.92 Å². The van der Waals surface area contributed by atoms with Crippen molar-refractivity contribution in [3.05, 3.63) is 0 Å². The van der Waals surface area contributed by atoms with Gasteiger partial charge in [0, 0.05) is 38.4 Å². The van der Waals surface area contributed by atoms with Crippen LogP contribution in [0.2, 0.25) is 0 Å². The van der Waals surface area contributed by atoms with Crippen LogP contribution in [0.1, 0.15) is 12.8 Å². The van der Waals surface area contributed by atoms with Gasteiger partial charge in [-0.3, -0.25) is 4.90 Å². The standard InChI is InChI=1S/C10H16ClF2NO/c11-5-9-7-14(1-2-15-9)6-8-3-10(12,13)4-8/h8-9H,1-7H2. The number of ether oxygens (including phenoxy) is 1. The molecule has 1 heterocycles. The fourth-order valence-corrected chi connectivity index (χ4v) is 2.51. The van der Waals surface area contributed by atoms with Crippen LogP contribution in [0.3, 0.4) is 0 Å². The average Bonchev–Trinajstić information content (AvgIpc) is 2.15. The van der Waals surface area contributed by atoms with Crippen molar-refractivity contribution in [2.45, 2.75) is 24.9 Å². The van der Waals surface area contributed by atoms with E-state index in [4.69, 9.17) is 16.3 Å². The summed E-state index contributed by atoms with van der Waals surface area (Å²) >= 11 is 5.70. The molecule has 0 aromatic carbocycles. The lowest BCUT2D eigenvalue weighted by molar-refractivity contribution is -0.122. The smallest absolute Gasteiger partial charge is 0.248 e. The molecule has 0 aromatic rings. The van der Waals surface area contributed by atoms with Gasteiger partial charge in [0.1, 0.15) is 0 Å². The van der Waals surface area contributed by atoms with E-state index in [0.717, 1.165) is 19.6 Å². The summed E-state index contributed by atoms with van der Waals surface area (Å²) in [6, 6.07) is 0. The van der Waals surface area contributed by atoms with Crippen molar-refractivity contribution in [2.24, 2.45) is 5.92 Å². The highest BCUT2D eigenvalue weighted by atomic mass is 35.5. The third-order valence-electron chi connectivity index (χ3n) is 3.09. The Morgan fingerprint density at radius 3 is 2.73 bits per heavy atom. The zero-order chi connectivity index (χ0) is 10.9. The minimum Gasteiger partial charge on any atom is -0.374 e. The maximum atomic E-state index is 12.6. The van der Waals surface area contributed by atoms with Gasteiger partial charge in [0.15, 0.2) is 0 Å². The van der Waals surface area contributed by atoms with E-state index in [2.05, 4.69) is 4.90 Å². The second kappa shape index (κ2) is 4.52. The molecule has 2 aliphatic rings. The van der Waals surface area contributed by atoms with Gasteiger partial charge in [0.25, 0.3) is 0 Å². The van der Waals surface area contributed by atoms with Gasteiger partial charge in [-0.2, -0.15) is 0 Å². The Bertz CT molecular complexity index is 219. The molecule has 1 aliphatic carbocycles. The first-order chi connectivity index (χ1) is 7.09. The van der Waals surface area contributed by atoms with E-state index in [9.17, 15) is 8.78 Å². The molecule has 1 saturated heterocycles. The Hall–Kier alpha value is 0.0700. The Morgan fingerprint density at radius 1 is 1.40 bits per heavy atom. The predicted octanol–water partition coefficient (Wildman–Crippen LogP) is 1.97. The Labute approximate surface area is 93.5 Å². The van der Waals surface area contributed by atoms with Crippen LogP contribution in [0.15, 0.2) is 0 Å². The van der Waals surface area contributed by atoms with Crippen LogP contribution >= 0.6 is 11.6 Å². The highest BCUT2D eigenvalue weighted by molar-refractivity contribution is 6.18. The summed E-state index contributed by atoms with van der Waals surface area (Å²) in [5.74, 6) is -1.76. The normalized spacial score (nSPS) is 32.6. The second-order valence-electron chi connectivity index (χ2n) is 4.54. The first-order valence-electron chi connectivity index (χ1n) is 5.37. The zero-order valence-electron chi connectivity index (χ0n) is 8.59. The minimum atomic E-state index is -2.40. The molecule has 15 heavy (non-hydrogen) atoms. The highest BCUT2D eigenvalue weighted by Gasteiger charge is 2.45. The average molecular weight is 240 g/mol. The van der Waals surface area contributed by atoms with E-state index in [0.29, 0.717) is 12.5 Å². The van der Waals surface area contributed by atoms with Crippen molar-refractivity contribution in [3.63, 3.8) is 0 Å². The number of alkyl halides is 3. The largest absolute Gasteiger partial charge is 0.374 e. The topological polar surface area (TPSA) is 12.5 Å². The number of rotatable bonds is 3. The summed E-state index contributed by atoms with van der Waals surface area (Å²) in [5, 5.41) is 0. The monoisotopic (exact) mass is 239 g/mol. The number of hydrogen-bond donors (Lipinski definition) is 0. The van der Waals surface area contributed by atoms with Crippen LogP contribution in [0.5, 0.6) is 0 Å². The molecule has 0 amide bonds. The van der Waals surface area contributed by atoms with Gasteiger partial charge in [0.2, 0.25) is 5.92 Å². The number of halogens is 3. The molecular formula is C10H16ClF2NO. The van der Waals surface area contributed by atoms with Crippen molar-refractivity contribution in [3.8, 4) is 0 Å². The first kappa shape index (κ1) is 11.6. The molecule has 0 radical (unpaired) electrons. The van der Waals surface area contributed by atoms with Crippen LogP contribution in [0.25, 0.3) is 0 Å². The molecule has 0 spiro atoms. The molecule has 2 rings (SSSR count). The van der Waals surface area contributed by atoms with Crippen molar-refractivity contribution in [2.75, 3.05) is 32.1 Å². The molecule has 1 saturated carbocycles. The maximum Gasteiger partial charge on any atom is 0.248 e. The van der Waals surface area contributed by atoms with Crippen molar-refractivity contribution >= 4 is 11.6 Å². The maximum absolute atomic E-state index is 12.6. The van der Waals surface area contributed by atoms with Crippen molar-refractivity contribution in [1.82, 2.24) is 4.90 Å². The Kier molecular flexibility index (Phi) is 3.48. The molecule has 2 fully saturated rings. The zero-order valence-corrected chi connectivity index (χ0v) is 9.35.